The topological polar surface area (TPSA) is 43.8 Å². The number of carbonyl (C=O) groups excluding carboxylic acids is 1. The summed E-state index contributed by atoms with van der Waals surface area (Å²) in [4.78, 5) is 16.0. The maximum Gasteiger partial charge on any atom is 0.225 e. The lowest BCUT2D eigenvalue weighted by Gasteiger charge is -2.35. The van der Waals surface area contributed by atoms with E-state index in [0.29, 0.717) is 0 Å². The number of hydrogen-bond donors (Lipinski definition) is 1. The molecule has 0 aliphatic carbocycles. The summed E-state index contributed by atoms with van der Waals surface area (Å²) in [5.74, 6) is 0.426. The number of β-amino-alcohol motifs (C(OH)–C–C–N with tert-alkyl or cyclic N) is 1. The molecular formula is C11H22N2O2. The molecule has 1 amide bonds. The van der Waals surface area contributed by atoms with Crippen LogP contribution in [-0.4, -0.2) is 60.1 Å². The maximum absolute atomic E-state index is 11.9. The Labute approximate surface area is 91.9 Å². The molecule has 0 spiro atoms. The van der Waals surface area contributed by atoms with Gasteiger partial charge in [0.15, 0.2) is 0 Å². The normalized spacial score (nSPS) is 20.3. The van der Waals surface area contributed by atoms with Gasteiger partial charge in [0.25, 0.3) is 0 Å². The lowest BCUT2D eigenvalue weighted by Crippen LogP contribution is -2.50. The Kier molecular flexibility index (Phi) is 5.05. The highest BCUT2D eigenvalue weighted by molar-refractivity contribution is 5.78. The molecule has 4 heteroatoms. The van der Waals surface area contributed by atoms with E-state index < -0.39 is 0 Å². The van der Waals surface area contributed by atoms with E-state index in [0.717, 1.165) is 39.1 Å². The van der Waals surface area contributed by atoms with E-state index >= 15 is 0 Å². The monoisotopic (exact) mass is 214 g/mol. The minimum absolute atomic E-state index is 0.148. The molecule has 0 radical (unpaired) electrons. The van der Waals surface area contributed by atoms with Crippen molar-refractivity contribution in [2.24, 2.45) is 5.92 Å². The molecule has 4 nitrogen and oxygen atoms in total. The van der Waals surface area contributed by atoms with Gasteiger partial charge >= 0.3 is 0 Å². The molecule has 1 heterocycles. The number of aliphatic hydroxyl groups is 1. The Hall–Kier alpha value is -0.610. The molecule has 15 heavy (non-hydrogen) atoms. The molecule has 0 unspecified atom stereocenters. The first-order valence-corrected chi connectivity index (χ1v) is 5.81. The van der Waals surface area contributed by atoms with E-state index in [4.69, 9.17) is 5.11 Å². The van der Waals surface area contributed by atoms with Gasteiger partial charge in [0.05, 0.1) is 6.61 Å². The van der Waals surface area contributed by atoms with Crippen LogP contribution in [0.1, 0.15) is 20.3 Å². The summed E-state index contributed by atoms with van der Waals surface area (Å²) in [6.45, 7) is 8.37. The van der Waals surface area contributed by atoms with E-state index in [-0.39, 0.29) is 18.4 Å². The average molecular weight is 214 g/mol. The van der Waals surface area contributed by atoms with Crippen LogP contribution in [0.4, 0.5) is 0 Å². The Morgan fingerprint density at radius 2 is 1.93 bits per heavy atom. The van der Waals surface area contributed by atoms with Crippen LogP contribution in [0.25, 0.3) is 0 Å². The standard InChI is InChI=1S/C11H22N2O2/c1-3-10(2)11(15)13-6-4-12(5-7-13)8-9-14/h10,14H,3-9H2,1-2H3/t10-/m1/s1. The number of carbonyl (C=O) groups is 1. The summed E-state index contributed by atoms with van der Waals surface area (Å²) in [5.41, 5.74) is 0. The molecule has 0 aromatic heterocycles. The van der Waals surface area contributed by atoms with Crippen LogP contribution >= 0.6 is 0 Å². The molecule has 1 atom stereocenters. The number of nitrogens with zero attached hydrogens (tertiary/aromatic N) is 2. The van der Waals surface area contributed by atoms with Gasteiger partial charge in [-0.25, -0.2) is 0 Å². The second-order valence-corrected chi connectivity index (χ2v) is 4.20. The van der Waals surface area contributed by atoms with Crippen LogP contribution in [0.5, 0.6) is 0 Å². The highest BCUT2D eigenvalue weighted by Gasteiger charge is 2.23. The van der Waals surface area contributed by atoms with E-state index in [1.54, 1.807) is 0 Å². The van der Waals surface area contributed by atoms with Crippen molar-refractivity contribution in [2.45, 2.75) is 20.3 Å². The molecule has 0 aromatic rings. The van der Waals surface area contributed by atoms with Crippen LogP contribution in [-0.2, 0) is 4.79 Å². The minimum atomic E-state index is 0.148. The molecule has 1 aliphatic rings. The molecule has 1 rings (SSSR count). The third-order valence-electron chi connectivity index (χ3n) is 3.13. The third kappa shape index (κ3) is 3.47. The summed E-state index contributed by atoms with van der Waals surface area (Å²) in [7, 11) is 0. The number of piperazine rings is 1. The highest BCUT2D eigenvalue weighted by Crippen LogP contribution is 2.09. The van der Waals surface area contributed by atoms with Crippen LogP contribution in [0.2, 0.25) is 0 Å². The number of aliphatic hydroxyl groups excluding tert-OH is 1. The van der Waals surface area contributed by atoms with Crippen LogP contribution in [0.3, 0.4) is 0 Å². The number of rotatable bonds is 4. The summed E-state index contributed by atoms with van der Waals surface area (Å²) in [5, 5.41) is 8.80. The zero-order valence-corrected chi connectivity index (χ0v) is 9.78. The predicted octanol–water partition coefficient (Wildman–Crippen LogP) is 0.169. The fourth-order valence-electron chi connectivity index (χ4n) is 1.82. The highest BCUT2D eigenvalue weighted by atomic mass is 16.3. The van der Waals surface area contributed by atoms with Crippen molar-refractivity contribution in [3.63, 3.8) is 0 Å². The van der Waals surface area contributed by atoms with Crippen LogP contribution in [0.15, 0.2) is 0 Å². The zero-order valence-electron chi connectivity index (χ0n) is 9.78. The van der Waals surface area contributed by atoms with Gasteiger partial charge in [0.2, 0.25) is 5.91 Å². The summed E-state index contributed by atoms with van der Waals surface area (Å²) in [6, 6.07) is 0. The minimum Gasteiger partial charge on any atom is -0.395 e. The first-order chi connectivity index (χ1) is 7.19. The molecule has 1 saturated heterocycles. The van der Waals surface area contributed by atoms with E-state index in [9.17, 15) is 4.79 Å². The van der Waals surface area contributed by atoms with Gasteiger partial charge in [-0.1, -0.05) is 13.8 Å². The molecule has 0 aromatic carbocycles. The summed E-state index contributed by atoms with van der Waals surface area (Å²) < 4.78 is 0. The second-order valence-electron chi connectivity index (χ2n) is 4.20. The molecule has 0 bridgehead atoms. The Bertz CT molecular complexity index is 201. The second kappa shape index (κ2) is 6.08. The molecule has 1 aliphatic heterocycles. The van der Waals surface area contributed by atoms with Crippen molar-refractivity contribution in [1.29, 1.82) is 0 Å². The lowest BCUT2D eigenvalue weighted by molar-refractivity contribution is -0.136. The zero-order chi connectivity index (χ0) is 11.3. The molecule has 1 N–H and O–H groups in total. The van der Waals surface area contributed by atoms with Crippen molar-refractivity contribution < 1.29 is 9.90 Å². The van der Waals surface area contributed by atoms with Crippen molar-refractivity contribution in [1.82, 2.24) is 9.80 Å². The first-order valence-electron chi connectivity index (χ1n) is 5.81. The van der Waals surface area contributed by atoms with Crippen LogP contribution in [0, 0.1) is 5.92 Å². The summed E-state index contributed by atoms with van der Waals surface area (Å²) >= 11 is 0. The maximum atomic E-state index is 11.9. The van der Waals surface area contributed by atoms with Gasteiger partial charge in [-0.2, -0.15) is 0 Å². The van der Waals surface area contributed by atoms with Gasteiger partial charge in [-0.05, 0) is 6.42 Å². The van der Waals surface area contributed by atoms with Crippen molar-refractivity contribution in [3.05, 3.63) is 0 Å². The lowest BCUT2D eigenvalue weighted by atomic mass is 10.1. The Morgan fingerprint density at radius 3 is 2.40 bits per heavy atom. The van der Waals surface area contributed by atoms with Gasteiger partial charge in [-0.15, -0.1) is 0 Å². The fourth-order valence-corrected chi connectivity index (χ4v) is 1.82. The molecular weight excluding hydrogens is 192 g/mol. The van der Waals surface area contributed by atoms with Gasteiger partial charge < -0.3 is 10.0 Å². The van der Waals surface area contributed by atoms with Gasteiger partial charge in [-0.3, -0.25) is 9.69 Å². The Balaban J connectivity index is 2.33. The van der Waals surface area contributed by atoms with Crippen LogP contribution < -0.4 is 0 Å². The smallest absolute Gasteiger partial charge is 0.225 e. The van der Waals surface area contributed by atoms with Gasteiger partial charge in [0, 0.05) is 38.6 Å². The molecule has 1 fully saturated rings. The quantitative estimate of drug-likeness (QED) is 0.725. The molecule has 0 saturated carbocycles. The SMILES string of the molecule is CC[C@@H](C)C(=O)N1CCN(CCO)CC1. The average Bonchev–Trinajstić information content (AvgIpc) is 2.28. The third-order valence-corrected chi connectivity index (χ3v) is 3.13. The van der Waals surface area contributed by atoms with Gasteiger partial charge in [0.1, 0.15) is 0 Å². The predicted molar refractivity (Wildman–Crippen MR) is 59.6 cm³/mol. The van der Waals surface area contributed by atoms with E-state index in [2.05, 4.69) is 4.90 Å². The van der Waals surface area contributed by atoms with E-state index in [1.807, 2.05) is 18.7 Å². The number of amides is 1. The van der Waals surface area contributed by atoms with Crippen molar-refractivity contribution in [3.8, 4) is 0 Å². The van der Waals surface area contributed by atoms with E-state index in [1.165, 1.54) is 0 Å². The molecule has 88 valence electrons. The fraction of sp³-hybridized carbons (Fsp3) is 0.909. The van der Waals surface area contributed by atoms with Crippen molar-refractivity contribution >= 4 is 5.91 Å². The number of hydrogen-bond acceptors (Lipinski definition) is 3. The Morgan fingerprint density at radius 1 is 1.33 bits per heavy atom. The van der Waals surface area contributed by atoms with Crippen molar-refractivity contribution in [2.75, 3.05) is 39.3 Å². The first kappa shape index (κ1) is 12.5. The summed E-state index contributed by atoms with van der Waals surface area (Å²) in [6.07, 6.45) is 0.912. The largest absolute Gasteiger partial charge is 0.395 e.